The van der Waals surface area contributed by atoms with Gasteiger partial charge in [0, 0.05) is 38.1 Å². The van der Waals surface area contributed by atoms with E-state index in [9.17, 15) is 15.2 Å². The molecule has 8 heteroatoms. The number of aliphatic hydroxyl groups excluding tert-OH is 1. The first-order valence-corrected chi connectivity index (χ1v) is 13.5. The van der Waals surface area contributed by atoms with Crippen LogP contribution in [0.4, 0.5) is 0 Å². The molecule has 1 aliphatic heterocycles. The molecule has 0 radical (unpaired) electrons. The molecular formula is C31H36N6O2. The SMILES string of the molecule is Cn1c(=O)n(CC(C)(C)C)c2ccc(-c3cc(CN4CCC(C(O)c5cccnc5)CC4)ccc3C#N)nc21. The molecule has 5 rings (SSSR count). The van der Waals surface area contributed by atoms with E-state index in [0.717, 1.165) is 54.7 Å². The maximum atomic E-state index is 13.0. The maximum Gasteiger partial charge on any atom is 0.330 e. The number of fused-ring (bicyclic) bond motifs is 1. The summed E-state index contributed by atoms with van der Waals surface area (Å²) in [5.74, 6) is 0.218. The van der Waals surface area contributed by atoms with Crippen molar-refractivity contribution >= 4 is 11.2 Å². The molecule has 0 bridgehead atoms. The van der Waals surface area contributed by atoms with Crippen molar-refractivity contribution in [3.8, 4) is 17.3 Å². The van der Waals surface area contributed by atoms with Gasteiger partial charge in [-0.05, 0) is 78.7 Å². The van der Waals surface area contributed by atoms with Crippen LogP contribution in [-0.4, -0.2) is 42.2 Å². The third-order valence-electron chi connectivity index (χ3n) is 7.60. The number of pyridine rings is 2. The number of likely N-dealkylation sites (tertiary alicyclic amines) is 1. The molecule has 1 saturated heterocycles. The van der Waals surface area contributed by atoms with Gasteiger partial charge in [0.05, 0.1) is 28.9 Å². The molecule has 3 aromatic heterocycles. The molecule has 4 aromatic rings. The largest absolute Gasteiger partial charge is 0.388 e. The Morgan fingerprint density at radius 2 is 1.92 bits per heavy atom. The predicted molar refractivity (Wildman–Crippen MR) is 152 cm³/mol. The molecule has 0 spiro atoms. The van der Waals surface area contributed by atoms with Crippen molar-refractivity contribution < 1.29 is 5.11 Å². The highest BCUT2D eigenvalue weighted by Gasteiger charge is 2.26. The standard InChI is InChI=1S/C31H36N6O2/c1-31(2,3)20-37-27-10-9-26(34-29(27)35(4)30(37)39)25-16-21(7-8-23(25)17-32)19-36-14-11-22(12-15-36)28(38)24-6-5-13-33-18-24/h5-10,13,16,18,22,28,38H,11-12,14-15,19-20H2,1-4H3. The molecule has 1 unspecified atom stereocenters. The van der Waals surface area contributed by atoms with Crippen LogP contribution in [0.15, 0.2) is 59.7 Å². The van der Waals surface area contributed by atoms with Crippen LogP contribution < -0.4 is 5.69 Å². The lowest BCUT2D eigenvalue weighted by Gasteiger charge is -2.34. The summed E-state index contributed by atoms with van der Waals surface area (Å²) < 4.78 is 3.37. The summed E-state index contributed by atoms with van der Waals surface area (Å²) in [6.07, 6.45) is 4.81. The van der Waals surface area contributed by atoms with Crippen LogP contribution in [0.5, 0.6) is 0 Å². The van der Waals surface area contributed by atoms with Crippen molar-refractivity contribution in [2.75, 3.05) is 13.1 Å². The minimum absolute atomic E-state index is 0.0512. The molecule has 1 fully saturated rings. The van der Waals surface area contributed by atoms with Gasteiger partial charge in [-0.3, -0.25) is 19.0 Å². The Morgan fingerprint density at radius 1 is 1.15 bits per heavy atom. The first-order valence-electron chi connectivity index (χ1n) is 13.5. The number of imidazole rings is 1. The Labute approximate surface area is 229 Å². The Morgan fingerprint density at radius 3 is 2.59 bits per heavy atom. The van der Waals surface area contributed by atoms with Gasteiger partial charge < -0.3 is 5.11 Å². The van der Waals surface area contributed by atoms with Crippen molar-refractivity contribution in [1.29, 1.82) is 5.26 Å². The summed E-state index contributed by atoms with van der Waals surface area (Å²) in [6, 6.07) is 15.9. The van der Waals surface area contributed by atoms with E-state index in [4.69, 9.17) is 4.98 Å². The van der Waals surface area contributed by atoms with E-state index in [0.29, 0.717) is 23.4 Å². The number of nitrogens with zero attached hydrogens (tertiary/aromatic N) is 6. The van der Waals surface area contributed by atoms with Crippen LogP contribution in [-0.2, 0) is 20.1 Å². The number of piperidine rings is 1. The highest BCUT2D eigenvalue weighted by atomic mass is 16.3. The molecule has 0 saturated carbocycles. The molecule has 0 aliphatic carbocycles. The Hall–Kier alpha value is -3.80. The number of hydrogen-bond donors (Lipinski definition) is 1. The van der Waals surface area contributed by atoms with Gasteiger partial charge >= 0.3 is 5.69 Å². The fourth-order valence-electron chi connectivity index (χ4n) is 5.56. The van der Waals surface area contributed by atoms with E-state index in [1.807, 2.05) is 42.5 Å². The molecule has 4 heterocycles. The fourth-order valence-corrected chi connectivity index (χ4v) is 5.56. The van der Waals surface area contributed by atoms with Crippen LogP contribution in [0.1, 0.15) is 56.4 Å². The molecule has 1 atom stereocenters. The molecule has 8 nitrogen and oxygen atoms in total. The van der Waals surface area contributed by atoms with Gasteiger partial charge in [-0.2, -0.15) is 5.26 Å². The second-order valence-electron chi connectivity index (χ2n) is 11.9. The first-order chi connectivity index (χ1) is 18.6. The van der Waals surface area contributed by atoms with E-state index in [1.54, 1.807) is 28.6 Å². The van der Waals surface area contributed by atoms with Gasteiger partial charge in [0.1, 0.15) is 0 Å². The van der Waals surface area contributed by atoms with E-state index in [1.165, 1.54) is 0 Å². The third kappa shape index (κ3) is 5.65. The van der Waals surface area contributed by atoms with E-state index >= 15 is 0 Å². The second-order valence-corrected chi connectivity index (χ2v) is 11.9. The van der Waals surface area contributed by atoms with Gasteiger partial charge in [-0.25, -0.2) is 9.78 Å². The van der Waals surface area contributed by atoms with Gasteiger partial charge in [-0.1, -0.05) is 32.9 Å². The number of nitriles is 1. The zero-order valence-corrected chi connectivity index (χ0v) is 23.1. The number of aromatic nitrogens is 4. The van der Waals surface area contributed by atoms with Gasteiger partial charge in [0.15, 0.2) is 5.65 Å². The summed E-state index contributed by atoms with van der Waals surface area (Å²) >= 11 is 0. The summed E-state index contributed by atoms with van der Waals surface area (Å²) in [6.45, 7) is 9.47. The second kappa shape index (κ2) is 10.8. The quantitative estimate of drug-likeness (QED) is 0.394. The zero-order valence-electron chi connectivity index (χ0n) is 23.1. The van der Waals surface area contributed by atoms with Crippen molar-refractivity contribution in [2.45, 2.75) is 52.8 Å². The van der Waals surface area contributed by atoms with Crippen molar-refractivity contribution in [3.05, 3.63) is 82.0 Å². The predicted octanol–water partition coefficient (Wildman–Crippen LogP) is 4.66. The lowest BCUT2D eigenvalue weighted by molar-refractivity contribution is 0.0565. The normalized spacial score (nSPS) is 15.9. The topological polar surface area (TPSA) is 100.0 Å². The van der Waals surface area contributed by atoms with Crippen LogP contribution in [0.25, 0.3) is 22.4 Å². The number of aliphatic hydroxyl groups is 1. The Balaban J connectivity index is 1.36. The average Bonchev–Trinajstić information content (AvgIpc) is 3.16. The van der Waals surface area contributed by atoms with Crippen molar-refractivity contribution in [2.24, 2.45) is 18.4 Å². The van der Waals surface area contributed by atoms with Crippen molar-refractivity contribution in [1.82, 2.24) is 24.0 Å². The zero-order chi connectivity index (χ0) is 27.7. The van der Waals surface area contributed by atoms with E-state index < -0.39 is 6.10 Å². The molecule has 1 N–H and O–H groups in total. The molecule has 1 aliphatic rings. The smallest absolute Gasteiger partial charge is 0.330 e. The monoisotopic (exact) mass is 524 g/mol. The summed E-state index contributed by atoms with van der Waals surface area (Å²) in [5.41, 5.74) is 5.28. The summed E-state index contributed by atoms with van der Waals surface area (Å²) in [5, 5.41) is 20.6. The van der Waals surface area contributed by atoms with Gasteiger partial charge in [-0.15, -0.1) is 0 Å². The number of hydrogen-bond acceptors (Lipinski definition) is 6. The number of aryl methyl sites for hydroxylation is 1. The average molecular weight is 525 g/mol. The minimum atomic E-state index is -0.488. The summed E-state index contributed by atoms with van der Waals surface area (Å²) in [7, 11) is 1.75. The van der Waals surface area contributed by atoms with Crippen molar-refractivity contribution in [3.63, 3.8) is 0 Å². The number of rotatable bonds is 6. The van der Waals surface area contributed by atoms with Crippen LogP contribution in [0.2, 0.25) is 0 Å². The fraction of sp³-hybridized carbons (Fsp3) is 0.419. The Bertz CT molecular complexity index is 1570. The van der Waals surface area contributed by atoms with Crippen LogP contribution >= 0.6 is 0 Å². The molecular weight excluding hydrogens is 488 g/mol. The lowest BCUT2D eigenvalue weighted by Crippen LogP contribution is -2.35. The maximum absolute atomic E-state index is 13.0. The first kappa shape index (κ1) is 26.8. The van der Waals surface area contributed by atoms with Crippen LogP contribution in [0.3, 0.4) is 0 Å². The highest BCUT2D eigenvalue weighted by Crippen LogP contribution is 2.32. The molecule has 1 aromatic carbocycles. The summed E-state index contributed by atoms with van der Waals surface area (Å²) in [4.78, 5) is 24.4. The van der Waals surface area contributed by atoms with Crippen LogP contribution in [0, 0.1) is 22.7 Å². The molecule has 0 amide bonds. The Kier molecular flexibility index (Phi) is 7.39. The van der Waals surface area contributed by atoms with E-state index in [2.05, 4.69) is 36.7 Å². The molecule has 39 heavy (non-hydrogen) atoms. The van der Waals surface area contributed by atoms with Gasteiger partial charge in [0.2, 0.25) is 0 Å². The lowest BCUT2D eigenvalue weighted by atomic mass is 9.88. The minimum Gasteiger partial charge on any atom is -0.388 e. The van der Waals surface area contributed by atoms with E-state index in [-0.39, 0.29) is 17.0 Å². The number of benzene rings is 1. The highest BCUT2D eigenvalue weighted by molar-refractivity contribution is 5.78. The third-order valence-corrected chi connectivity index (χ3v) is 7.60. The van der Waals surface area contributed by atoms with Gasteiger partial charge in [0.25, 0.3) is 0 Å². The molecule has 202 valence electrons.